The lowest BCUT2D eigenvalue weighted by atomic mass is 9.72. The van der Waals surface area contributed by atoms with Crippen LogP contribution in [0.3, 0.4) is 0 Å². The van der Waals surface area contributed by atoms with Crippen molar-refractivity contribution in [2.45, 2.75) is 6.42 Å². The zero-order valence-electron chi connectivity index (χ0n) is 30.9. The molecule has 2 aliphatic carbocycles. The third-order valence-electron chi connectivity index (χ3n) is 11.1. The molecular weight excluding hydrogens is 677 g/mol. The summed E-state index contributed by atoms with van der Waals surface area (Å²) in [5.74, 6) is 0.218. The lowest BCUT2D eigenvalue weighted by molar-refractivity contribution is 0.798. The summed E-state index contributed by atoms with van der Waals surface area (Å²) in [4.78, 5) is 9.25. The molecule has 0 saturated heterocycles. The molecular formula is C54H38N2. The molecule has 0 bridgehead atoms. The zero-order chi connectivity index (χ0) is 37.3. The molecule has 10 rings (SSSR count). The van der Waals surface area contributed by atoms with Crippen molar-refractivity contribution in [1.29, 1.82) is 0 Å². The number of hydrogen-bond donors (Lipinski definition) is 0. The van der Waals surface area contributed by atoms with Gasteiger partial charge in [0.25, 0.3) is 0 Å². The van der Waals surface area contributed by atoms with Crippen molar-refractivity contribution in [3.8, 4) is 55.9 Å². The highest BCUT2D eigenvalue weighted by molar-refractivity contribution is 5.90. The molecule has 8 aromatic rings. The molecule has 0 aliphatic heterocycles. The third kappa shape index (κ3) is 6.32. The molecule has 2 nitrogen and oxygen atoms in total. The van der Waals surface area contributed by atoms with Crippen molar-refractivity contribution >= 4 is 11.1 Å². The molecule has 264 valence electrons. The molecule has 2 heterocycles. The Morgan fingerprint density at radius 3 is 1.43 bits per heavy atom. The van der Waals surface area contributed by atoms with Crippen LogP contribution >= 0.6 is 0 Å². The van der Waals surface area contributed by atoms with Crippen molar-refractivity contribution < 1.29 is 0 Å². The largest absolute Gasteiger partial charge is 0.256 e. The fourth-order valence-electron chi connectivity index (χ4n) is 8.43. The number of allylic oxidation sites excluding steroid dienone is 4. The van der Waals surface area contributed by atoms with E-state index in [1.165, 1.54) is 71.7 Å². The second-order valence-corrected chi connectivity index (χ2v) is 14.5. The van der Waals surface area contributed by atoms with Crippen LogP contribution < -0.4 is 10.4 Å². The van der Waals surface area contributed by atoms with E-state index in [2.05, 4.69) is 186 Å². The van der Waals surface area contributed by atoms with Crippen LogP contribution in [0.25, 0.3) is 67.0 Å². The third-order valence-corrected chi connectivity index (χ3v) is 11.1. The van der Waals surface area contributed by atoms with Gasteiger partial charge >= 0.3 is 0 Å². The average Bonchev–Trinajstić information content (AvgIpc) is 3.29. The van der Waals surface area contributed by atoms with Gasteiger partial charge in [-0.25, -0.2) is 0 Å². The lowest BCUT2D eigenvalue weighted by Crippen LogP contribution is -2.38. The first-order chi connectivity index (χ1) is 27.8. The minimum absolute atomic E-state index is 0.218. The maximum atomic E-state index is 4.63. The predicted octanol–water partition coefficient (Wildman–Crippen LogP) is 11.7. The molecule has 6 aromatic carbocycles. The highest BCUT2D eigenvalue weighted by Crippen LogP contribution is 2.41. The quantitative estimate of drug-likeness (QED) is 0.164. The topological polar surface area (TPSA) is 25.8 Å². The summed E-state index contributed by atoms with van der Waals surface area (Å²) in [5.41, 5.74) is 17.9. The van der Waals surface area contributed by atoms with Crippen LogP contribution in [0.2, 0.25) is 0 Å². The molecule has 0 unspecified atom stereocenters. The van der Waals surface area contributed by atoms with Gasteiger partial charge in [-0.1, -0.05) is 152 Å². The Morgan fingerprint density at radius 1 is 0.375 bits per heavy atom. The molecule has 0 spiro atoms. The molecule has 2 aromatic heterocycles. The van der Waals surface area contributed by atoms with E-state index in [1.54, 1.807) is 0 Å². The first kappa shape index (κ1) is 33.4. The Labute approximate surface area is 327 Å². The summed E-state index contributed by atoms with van der Waals surface area (Å²) >= 11 is 0. The second kappa shape index (κ2) is 14.6. The van der Waals surface area contributed by atoms with Crippen LogP contribution in [0.4, 0.5) is 0 Å². The van der Waals surface area contributed by atoms with Crippen molar-refractivity contribution in [2.75, 3.05) is 0 Å². The van der Waals surface area contributed by atoms with Gasteiger partial charge in [0.2, 0.25) is 0 Å². The second-order valence-electron chi connectivity index (χ2n) is 14.5. The van der Waals surface area contributed by atoms with Crippen LogP contribution in [0, 0.1) is 5.92 Å². The summed E-state index contributed by atoms with van der Waals surface area (Å²) < 4.78 is 0. The maximum Gasteiger partial charge on any atom is 0.0701 e. The predicted molar refractivity (Wildman–Crippen MR) is 232 cm³/mol. The van der Waals surface area contributed by atoms with Crippen LogP contribution in [-0.2, 0) is 0 Å². The van der Waals surface area contributed by atoms with E-state index < -0.39 is 0 Å². The summed E-state index contributed by atoms with van der Waals surface area (Å²) in [6.45, 7) is 0. The van der Waals surface area contributed by atoms with Crippen LogP contribution in [0.1, 0.15) is 17.5 Å². The smallest absolute Gasteiger partial charge is 0.0701 e. The maximum absolute atomic E-state index is 4.63. The number of rotatable bonds is 7. The van der Waals surface area contributed by atoms with Gasteiger partial charge in [0, 0.05) is 29.4 Å². The first-order valence-corrected chi connectivity index (χ1v) is 19.3. The van der Waals surface area contributed by atoms with Gasteiger partial charge in [-0.3, -0.25) is 9.97 Å². The summed E-state index contributed by atoms with van der Waals surface area (Å²) in [5, 5.41) is 2.53. The van der Waals surface area contributed by atoms with E-state index in [0.29, 0.717) is 0 Å². The Balaban J connectivity index is 1.22. The molecule has 0 N–H and O–H groups in total. The molecule has 1 atom stereocenters. The van der Waals surface area contributed by atoms with Gasteiger partial charge in [-0.15, -0.1) is 0 Å². The lowest BCUT2D eigenvalue weighted by Gasteiger charge is -2.31. The Bertz CT molecular complexity index is 2820. The fraction of sp³-hybridized carbons (Fsp3) is 0.0370. The van der Waals surface area contributed by atoms with Gasteiger partial charge in [-0.2, -0.15) is 0 Å². The standard InChI is InChI=1S/C54H38N2/c1-3-13-37(14-4-1)44-33-45(38-15-5-2-6-16-38)35-46(34-44)43-29-30-49-50(36-43)54(42-27-23-40(24-28-42)52-20-10-12-32-56-52)48-18-8-7-17-47(48)53(49)41-25-21-39(22-26-41)51-19-9-11-31-55-51/h1-16,18-36,47H,17H2/t47-/m0/s1. The van der Waals surface area contributed by atoms with Crippen molar-refractivity contribution in [3.63, 3.8) is 0 Å². The van der Waals surface area contributed by atoms with E-state index in [-0.39, 0.29) is 5.92 Å². The molecule has 0 amide bonds. The summed E-state index contributed by atoms with van der Waals surface area (Å²) in [6.07, 6.45) is 11.6. The van der Waals surface area contributed by atoms with Gasteiger partial charge in [0.15, 0.2) is 0 Å². The Morgan fingerprint density at radius 2 is 0.875 bits per heavy atom. The molecule has 0 saturated carbocycles. The minimum Gasteiger partial charge on any atom is -0.256 e. The minimum atomic E-state index is 0.218. The molecule has 56 heavy (non-hydrogen) atoms. The Hall–Kier alpha value is -7.16. The normalized spacial score (nSPS) is 14.5. The van der Waals surface area contributed by atoms with Gasteiger partial charge < -0.3 is 0 Å². The number of pyridine rings is 2. The van der Waals surface area contributed by atoms with Gasteiger partial charge in [0.1, 0.15) is 0 Å². The van der Waals surface area contributed by atoms with E-state index in [4.69, 9.17) is 0 Å². The Kier molecular flexibility index (Phi) is 8.70. The van der Waals surface area contributed by atoms with E-state index in [0.717, 1.165) is 28.9 Å². The highest BCUT2D eigenvalue weighted by atomic mass is 14.7. The summed E-state index contributed by atoms with van der Waals surface area (Å²) in [7, 11) is 0. The fourth-order valence-corrected chi connectivity index (χ4v) is 8.43. The highest BCUT2D eigenvalue weighted by Gasteiger charge is 2.29. The number of aromatic nitrogens is 2. The van der Waals surface area contributed by atoms with Crippen molar-refractivity contribution in [2.24, 2.45) is 5.92 Å². The molecule has 2 aliphatic rings. The molecule has 0 radical (unpaired) electrons. The molecule has 0 fully saturated rings. The van der Waals surface area contributed by atoms with Gasteiger partial charge in [-0.05, 0) is 127 Å². The van der Waals surface area contributed by atoms with Crippen molar-refractivity contribution in [1.82, 2.24) is 9.97 Å². The molecule has 2 heteroatoms. The number of fused-ring (bicyclic) bond motifs is 2. The zero-order valence-corrected chi connectivity index (χ0v) is 30.9. The van der Waals surface area contributed by atoms with Crippen LogP contribution in [0.5, 0.6) is 0 Å². The van der Waals surface area contributed by atoms with Crippen LogP contribution in [0.15, 0.2) is 218 Å². The van der Waals surface area contributed by atoms with Crippen molar-refractivity contribution in [3.05, 3.63) is 240 Å². The number of benzene rings is 6. The van der Waals surface area contributed by atoms with E-state index >= 15 is 0 Å². The van der Waals surface area contributed by atoms with Crippen LogP contribution in [-0.4, -0.2) is 9.97 Å². The van der Waals surface area contributed by atoms with E-state index in [1.807, 2.05) is 36.7 Å². The summed E-state index contributed by atoms with van der Waals surface area (Å²) in [6, 6.07) is 65.8. The van der Waals surface area contributed by atoms with Gasteiger partial charge in [0.05, 0.1) is 11.4 Å². The SMILES string of the molecule is C1=CC[C@H]2C(=C1)C(c1ccc(-c3ccccn3)cc1)=c1cc(-c3cc(-c4ccccc4)cc(-c4ccccc4)c3)ccc1=C2c1ccc(-c2ccccn2)cc1. The monoisotopic (exact) mass is 714 g/mol. The average molecular weight is 715 g/mol. The van der Waals surface area contributed by atoms with E-state index in [9.17, 15) is 0 Å². The first-order valence-electron chi connectivity index (χ1n) is 19.3. The number of hydrogen-bond acceptors (Lipinski definition) is 2. The number of nitrogens with zero attached hydrogens (tertiary/aromatic N) is 2.